The number of aromatic nitrogens is 3. The zero-order chi connectivity index (χ0) is 15.4. The highest BCUT2D eigenvalue weighted by atomic mass is 32.1. The topological polar surface area (TPSA) is 81.5 Å². The van der Waals surface area contributed by atoms with Crippen molar-refractivity contribution in [2.24, 2.45) is 5.10 Å². The van der Waals surface area contributed by atoms with Crippen LogP contribution in [0, 0.1) is 11.7 Å². The highest BCUT2D eigenvalue weighted by Crippen LogP contribution is 2.22. The Bertz CT molecular complexity index is 795. The van der Waals surface area contributed by atoms with Crippen molar-refractivity contribution in [3.8, 4) is 11.5 Å². The van der Waals surface area contributed by atoms with Gasteiger partial charge in [0.15, 0.2) is 0 Å². The highest BCUT2D eigenvalue weighted by molar-refractivity contribution is 7.71. The van der Waals surface area contributed by atoms with Gasteiger partial charge in [-0.3, -0.25) is 9.89 Å². The molecule has 1 aromatic carbocycles. The summed E-state index contributed by atoms with van der Waals surface area (Å²) < 4.78 is 11.6. The van der Waals surface area contributed by atoms with Gasteiger partial charge in [-0.25, -0.2) is 0 Å². The zero-order valence-electron chi connectivity index (χ0n) is 11.8. The predicted octanol–water partition coefficient (Wildman–Crippen LogP) is 1.51. The van der Waals surface area contributed by atoms with Crippen LogP contribution in [0.2, 0.25) is 0 Å². The van der Waals surface area contributed by atoms with Gasteiger partial charge in [-0.15, -0.1) is 0 Å². The minimum atomic E-state index is -0.378. The number of hydrogen-bond donors (Lipinski definition) is 1. The number of nitrogens with zero attached hydrogens (tertiary/aromatic N) is 3. The second kappa shape index (κ2) is 6.31. The van der Waals surface area contributed by atoms with Gasteiger partial charge in [-0.05, 0) is 37.3 Å². The Morgan fingerprint density at radius 1 is 1.38 bits per heavy atom. The number of benzene rings is 1. The van der Waals surface area contributed by atoms with Crippen molar-refractivity contribution in [3.63, 3.8) is 0 Å². The molecule has 0 amide bonds. The molecule has 7 nitrogen and oxygen atoms in total. The van der Waals surface area contributed by atoms with E-state index < -0.39 is 0 Å². The average molecular weight is 306 g/mol. The fourth-order valence-electron chi connectivity index (χ4n) is 1.64. The molecule has 0 aliphatic rings. The molecule has 0 unspecified atom stereocenters. The Balaban J connectivity index is 2.49. The predicted molar refractivity (Wildman–Crippen MR) is 81.0 cm³/mol. The maximum Gasteiger partial charge on any atom is 0.296 e. The SMILES string of the molecule is COc1ccc(OC)c(/C=N/n2c(=S)[nH]nc(C)c2=O)c1. The van der Waals surface area contributed by atoms with Gasteiger partial charge in [0.05, 0.1) is 20.4 Å². The summed E-state index contributed by atoms with van der Waals surface area (Å²) in [7, 11) is 3.12. The Kier molecular flexibility index (Phi) is 4.49. The van der Waals surface area contributed by atoms with Crippen molar-refractivity contribution < 1.29 is 9.47 Å². The van der Waals surface area contributed by atoms with Gasteiger partial charge in [0.25, 0.3) is 5.56 Å². The minimum Gasteiger partial charge on any atom is -0.497 e. The summed E-state index contributed by atoms with van der Waals surface area (Å²) in [5, 5.41) is 10.4. The fourth-order valence-corrected chi connectivity index (χ4v) is 1.81. The van der Waals surface area contributed by atoms with Gasteiger partial charge in [0.2, 0.25) is 4.77 Å². The number of ether oxygens (including phenoxy) is 2. The van der Waals surface area contributed by atoms with Gasteiger partial charge in [-0.2, -0.15) is 14.9 Å². The van der Waals surface area contributed by atoms with Gasteiger partial charge < -0.3 is 9.47 Å². The number of rotatable bonds is 4. The zero-order valence-corrected chi connectivity index (χ0v) is 12.6. The first kappa shape index (κ1) is 14.9. The monoisotopic (exact) mass is 306 g/mol. The third-order valence-electron chi connectivity index (χ3n) is 2.76. The molecule has 0 spiro atoms. The molecule has 0 radical (unpaired) electrons. The quantitative estimate of drug-likeness (QED) is 0.684. The van der Waals surface area contributed by atoms with E-state index in [9.17, 15) is 4.79 Å². The Labute approximate surface area is 125 Å². The number of aromatic amines is 1. The Morgan fingerprint density at radius 3 is 2.81 bits per heavy atom. The lowest BCUT2D eigenvalue weighted by Gasteiger charge is -2.06. The summed E-state index contributed by atoms with van der Waals surface area (Å²) >= 11 is 5.00. The number of aryl methyl sites for hydroxylation is 1. The van der Waals surface area contributed by atoms with Crippen molar-refractivity contribution in [2.45, 2.75) is 6.92 Å². The second-order valence-corrected chi connectivity index (χ2v) is 4.47. The Morgan fingerprint density at radius 2 is 2.14 bits per heavy atom. The molecule has 0 fully saturated rings. The van der Waals surface area contributed by atoms with Gasteiger partial charge >= 0.3 is 0 Å². The van der Waals surface area contributed by atoms with Crippen molar-refractivity contribution in [2.75, 3.05) is 14.2 Å². The van der Waals surface area contributed by atoms with E-state index in [2.05, 4.69) is 15.3 Å². The molecule has 0 saturated carbocycles. The fraction of sp³-hybridized carbons (Fsp3) is 0.231. The molecule has 2 aromatic rings. The van der Waals surface area contributed by atoms with Crippen LogP contribution in [-0.2, 0) is 0 Å². The Hall–Kier alpha value is -2.48. The van der Waals surface area contributed by atoms with Gasteiger partial charge in [-0.1, -0.05) is 0 Å². The van der Waals surface area contributed by atoms with E-state index >= 15 is 0 Å². The van der Waals surface area contributed by atoms with E-state index in [1.165, 1.54) is 6.21 Å². The van der Waals surface area contributed by atoms with E-state index in [0.717, 1.165) is 4.68 Å². The maximum atomic E-state index is 11.9. The van der Waals surface area contributed by atoms with Crippen molar-refractivity contribution in [3.05, 3.63) is 44.6 Å². The molecule has 0 bridgehead atoms. The van der Waals surface area contributed by atoms with E-state index in [-0.39, 0.29) is 16.0 Å². The lowest BCUT2D eigenvalue weighted by Crippen LogP contribution is -2.22. The van der Waals surface area contributed by atoms with E-state index in [0.29, 0.717) is 17.1 Å². The number of nitrogens with one attached hydrogen (secondary N) is 1. The lowest BCUT2D eigenvalue weighted by atomic mass is 10.2. The summed E-state index contributed by atoms with van der Waals surface area (Å²) in [5.74, 6) is 1.26. The molecule has 2 rings (SSSR count). The van der Waals surface area contributed by atoms with Crippen LogP contribution in [-0.4, -0.2) is 35.3 Å². The first-order valence-electron chi connectivity index (χ1n) is 6.01. The van der Waals surface area contributed by atoms with Crippen LogP contribution < -0.4 is 15.0 Å². The van der Waals surface area contributed by atoms with Crippen LogP contribution in [0.5, 0.6) is 11.5 Å². The minimum absolute atomic E-state index is 0.115. The first-order valence-corrected chi connectivity index (χ1v) is 6.42. The molecule has 0 saturated heterocycles. The van der Waals surface area contributed by atoms with E-state index in [1.807, 2.05) is 0 Å². The van der Waals surface area contributed by atoms with E-state index in [1.54, 1.807) is 39.3 Å². The molecule has 1 N–H and O–H groups in total. The summed E-state index contributed by atoms with van der Waals surface area (Å²) in [6, 6.07) is 5.26. The number of methoxy groups -OCH3 is 2. The van der Waals surface area contributed by atoms with Crippen LogP contribution in [0.4, 0.5) is 0 Å². The summed E-state index contributed by atoms with van der Waals surface area (Å²) in [6.07, 6.45) is 1.48. The van der Waals surface area contributed by atoms with E-state index in [4.69, 9.17) is 21.7 Å². The second-order valence-electron chi connectivity index (χ2n) is 4.08. The largest absolute Gasteiger partial charge is 0.497 e. The maximum absolute atomic E-state index is 11.9. The molecule has 0 aliphatic carbocycles. The third kappa shape index (κ3) is 3.16. The molecule has 8 heteroatoms. The summed E-state index contributed by atoms with van der Waals surface area (Å²) in [6.45, 7) is 1.58. The molecular weight excluding hydrogens is 292 g/mol. The van der Waals surface area contributed by atoms with Crippen molar-refractivity contribution in [1.82, 2.24) is 14.9 Å². The molecule has 1 aromatic heterocycles. The standard InChI is InChI=1S/C13H14N4O3S/c1-8-12(18)17(13(21)16-15-8)14-7-9-6-10(19-2)4-5-11(9)20-3/h4-7H,1-3H3,(H,16,21)/b14-7+. The lowest BCUT2D eigenvalue weighted by molar-refractivity contribution is 0.402. The average Bonchev–Trinajstić information content (AvgIpc) is 2.50. The molecule has 21 heavy (non-hydrogen) atoms. The van der Waals surface area contributed by atoms with Crippen LogP contribution in [0.3, 0.4) is 0 Å². The molecule has 0 aliphatic heterocycles. The van der Waals surface area contributed by atoms with Crippen LogP contribution in [0.25, 0.3) is 0 Å². The molecular formula is C13H14N4O3S. The third-order valence-corrected chi connectivity index (χ3v) is 3.03. The normalized spacial score (nSPS) is 10.8. The molecule has 110 valence electrons. The van der Waals surface area contributed by atoms with Crippen LogP contribution in [0.1, 0.15) is 11.3 Å². The van der Waals surface area contributed by atoms with Crippen LogP contribution >= 0.6 is 12.2 Å². The first-order chi connectivity index (χ1) is 10.1. The van der Waals surface area contributed by atoms with Gasteiger partial charge in [0, 0.05) is 5.56 Å². The number of hydrogen-bond acceptors (Lipinski definition) is 6. The van der Waals surface area contributed by atoms with Crippen molar-refractivity contribution >= 4 is 18.4 Å². The highest BCUT2D eigenvalue weighted by Gasteiger charge is 2.04. The van der Waals surface area contributed by atoms with Crippen molar-refractivity contribution in [1.29, 1.82) is 0 Å². The molecule has 0 atom stereocenters. The summed E-state index contributed by atoms with van der Waals surface area (Å²) in [4.78, 5) is 11.9. The summed E-state index contributed by atoms with van der Waals surface area (Å²) in [5.41, 5.74) is 0.558. The van der Waals surface area contributed by atoms with Gasteiger partial charge in [0.1, 0.15) is 17.2 Å². The van der Waals surface area contributed by atoms with Crippen LogP contribution in [0.15, 0.2) is 28.1 Å². The number of H-pyrrole nitrogens is 1. The smallest absolute Gasteiger partial charge is 0.296 e. The molecule has 1 heterocycles.